The summed E-state index contributed by atoms with van der Waals surface area (Å²) in [7, 11) is -2.25. The van der Waals surface area contributed by atoms with Gasteiger partial charge < -0.3 is 14.4 Å². The third-order valence-corrected chi connectivity index (χ3v) is 6.54. The number of fused-ring (bicyclic) bond motifs is 1. The molecule has 1 atom stereocenters. The Kier molecular flexibility index (Phi) is 5.16. The van der Waals surface area contributed by atoms with Gasteiger partial charge in [-0.15, -0.1) is 0 Å². The van der Waals surface area contributed by atoms with Crippen molar-refractivity contribution < 1.29 is 27.5 Å². The predicted octanol–water partition coefficient (Wildman–Crippen LogP) is 1.15. The van der Waals surface area contributed by atoms with Gasteiger partial charge in [0.2, 0.25) is 21.8 Å². The monoisotopic (exact) mass is 448 g/mol. The average Bonchev–Trinajstić information content (AvgIpc) is 3.21. The number of hydrogen-bond acceptors (Lipinski definition) is 7. The fraction of sp³-hybridized carbons (Fsp3) is 0.450. The first-order valence-corrected chi connectivity index (χ1v) is 11.7. The maximum Gasteiger partial charge on any atom is 0.246 e. The van der Waals surface area contributed by atoms with Gasteiger partial charge in [-0.25, -0.2) is 12.7 Å². The Balaban J connectivity index is 1.63. The van der Waals surface area contributed by atoms with E-state index in [2.05, 4.69) is 5.10 Å². The van der Waals surface area contributed by atoms with E-state index >= 15 is 0 Å². The van der Waals surface area contributed by atoms with Crippen molar-refractivity contribution >= 4 is 33.2 Å². The van der Waals surface area contributed by atoms with Crippen molar-refractivity contribution in [3.8, 4) is 11.5 Å². The second-order valence-electron chi connectivity index (χ2n) is 7.74. The van der Waals surface area contributed by atoms with Gasteiger partial charge in [-0.2, -0.15) is 5.10 Å². The molecule has 4 rings (SSSR count). The summed E-state index contributed by atoms with van der Waals surface area (Å²) in [5, 5.41) is 4.23. The zero-order chi connectivity index (χ0) is 22.5. The van der Waals surface area contributed by atoms with Crippen LogP contribution in [0.1, 0.15) is 17.8 Å². The summed E-state index contributed by atoms with van der Waals surface area (Å²) >= 11 is 0. The van der Waals surface area contributed by atoms with Gasteiger partial charge in [-0.1, -0.05) is 0 Å². The molecular weight excluding hydrogens is 424 g/mol. The number of ether oxygens (including phenoxy) is 2. The van der Waals surface area contributed by atoms with E-state index in [9.17, 15) is 18.0 Å². The Morgan fingerprint density at radius 2 is 1.87 bits per heavy atom. The molecule has 0 spiro atoms. The normalized spacial score (nSPS) is 18.4. The van der Waals surface area contributed by atoms with E-state index in [0.29, 0.717) is 41.8 Å². The third-order valence-electron chi connectivity index (χ3n) is 5.52. The van der Waals surface area contributed by atoms with Crippen molar-refractivity contribution in [3.05, 3.63) is 29.6 Å². The molecule has 1 unspecified atom stereocenters. The Hall–Kier alpha value is -3.08. The summed E-state index contributed by atoms with van der Waals surface area (Å²) in [5.41, 5.74) is 1.78. The van der Waals surface area contributed by atoms with Crippen LogP contribution in [-0.4, -0.2) is 56.0 Å². The molecule has 1 fully saturated rings. The van der Waals surface area contributed by atoms with Crippen LogP contribution in [0.5, 0.6) is 11.5 Å². The molecule has 3 heterocycles. The van der Waals surface area contributed by atoms with Gasteiger partial charge in [-0.05, 0) is 26.0 Å². The molecule has 166 valence electrons. The van der Waals surface area contributed by atoms with Crippen LogP contribution in [0, 0.1) is 19.8 Å². The molecule has 1 aromatic heterocycles. The number of aromatic nitrogens is 2. The Labute approximate surface area is 180 Å². The van der Waals surface area contributed by atoms with Gasteiger partial charge in [-0.3, -0.25) is 14.3 Å². The SMILES string of the molecule is Cc1nn(C)c(C)c1N(C(=O)C1CC(=O)N(c2ccc3c(c2)OCCO3)C1)S(C)(=O)=O. The standard InChI is InChI=1S/C20H24N4O6S/c1-12-19(13(2)22(3)21-12)24(31(4,27)28)20(26)14-9-18(25)23(11-14)15-5-6-16-17(10-15)30-8-7-29-16/h5-6,10,14H,7-9,11H2,1-4H3. The Morgan fingerprint density at radius 1 is 1.19 bits per heavy atom. The summed E-state index contributed by atoms with van der Waals surface area (Å²) in [5.74, 6) is -0.585. The van der Waals surface area contributed by atoms with Crippen LogP contribution in [0.25, 0.3) is 0 Å². The highest BCUT2D eigenvalue weighted by molar-refractivity contribution is 7.92. The summed E-state index contributed by atoms with van der Waals surface area (Å²) < 4.78 is 38.5. The first-order valence-electron chi connectivity index (χ1n) is 9.82. The molecule has 2 aromatic rings. The van der Waals surface area contributed by atoms with Crippen LogP contribution in [0.3, 0.4) is 0 Å². The number of nitrogens with zero attached hydrogens (tertiary/aromatic N) is 4. The lowest BCUT2D eigenvalue weighted by Crippen LogP contribution is -2.42. The van der Waals surface area contributed by atoms with Gasteiger partial charge in [0.1, 0.15) is 18.9 Å². The van der Waals surface area contributed by atoms with Gasteiger partial charge in [0, 0.05) is 31.8 Å². The lowest BCUT2D eigenvalue weighted by atomic mass is 10.1. The topological polar surface area (TPSA) is 111 Å². The Morgan fingerprint density at radius 3 is 2.48 bits per heavy atom. The van der Waals surface area contributed by atoms with Crippen molar-refractivity contribution in [2.45, 2.75) is 20.3 Å². The zero-order valence-corrected chi connectivity index (χ0v) is 18.6. The van der Waals surface area contributed by atoms with Gasteiger partial charge >= 0.3 is 0 Å². The van der Waals surface area contributed by atoms with Crippen molar-refractivity contribution in [2.24, 2.45) is 13.0 Å². The zero-order valence-electron chi connectivity index (χ0n) is 17.8. The van der Waals surface area contributed by atoms with E-state index in [4.69, 9.17) is 9.47 Å². The molecule has 31 heavy (non-hydrogen) atoms. The average molecular weight is 449 g/mol. The minimum atomic E-state index is -3.93. The van der Waals surface area contributed by atoms with Crippen molar-refractivity contribution in [2.75, 3.05) is 35.2 Å². The lowest BCUT2D eigenvalue weighted by molar-refractivity contribution is -0.123. The number of benzene rings is 1. The van der Waals surface area contributed by atoms with Crippen LogP contribution >= 0.6 is 0 Å². The summed E-state index contributed by atoms with van der Waals surface area (Å²) in [6.07, 6.45) is 0.893. The smallest absolute Gasteiger partial charge is 0.246 e. The fourth-order valence-corrected chi connectivity index (χ4v) is 5.06. The number of anilines is 2. The highest BCUT2D eigenvalue weighted by Gasteiger charge is 2.42. The molecule has 1 aromatic carbocycles. The van der Waals surface area contributed by atoms with Crippen LogP contribution in [0.4, 0.5) is 11.4 Å². The molecule has 0 bridgehead atoms. The van der Waals surface area contributed by atoms with E-state index in [1.54, 1.807) is 39.1 Å². The maximum absolute atomic E-state index is 13.3. The van der Waals surface area contributed by atoms with Crippen molar-refractivity contribution in [1.29, 1.82) is 0 Å². The molecule has 0 aliphatic carbocycles. The quantitative estimate of drug-likeness (QED) is 0.690. The molecule has 11 heteroatoms. The molecule has 1 saturated heterocycles. The van der Waals surface area contributed by atoms with Crippen LogP contribution in [0.2, 0.25) is 0 Å². The molecule has 0 N–H and O–H groups in total. The summed E-state index contributed by atoms with van der Waals surface area (Å²) in [6.45, 7) is 4.29. The molecule has 10 nitrogen and oxygen atoms in total. The second kappa shape index (κ2) is 7.56. The maximum atomic E-state index is 13.3. The minimum absolute atomic E-state index is 0.0711. The number of rotatable bonds is 4. The highest BCUT2D eigenvalue weighted by Crippen LogP contribution is 2.37. The number of aryl methyl sites for hydroxylation is 2. The second-order valence-corrected chi connectivity index (χ2v) is 9.57. The van der Waals surface area contributed by atoms with Crippen LogP contribution < -0.4 is 18.7 Å². The third kappa shape index (κ3) is 3.73. The number of carbonyl (C=O) groups excluding carboxylic acids is 2. The van der Waals surface area contributed by atoms with E-state index in [-0.39, 0.29) is 24.6 Å². The summed E-state index contributed by atoms with van der Waals surface area (Å²) in [6, 6.07) is 5.14. The molecule has 0 radical (unpaired) electrons. The molecule has 2 aliphatic heterocycles. The number of sulfonamides is 1. The first-order chi connectivity index (χ1) is 14.6. The molecule has 2 amide bonds. The highest BCUT2D eigenvalue weighted by atomic mass is 32.2. The number of amides is 2. The van der Waals surface area contributed by atoms with E-state index in [0.717, 1.165) is 10.6 Å². The van der Waals surface area contributed by atoms with Crippen LogP contribution in [-0.2, 0) is 26.7 Å². The number of hydrogen-bond donors (Lipinski definition) is 0. The van der Waals surface area contributed by atoms with E-state index in [1.165, 1.54) is 9.58 Å². The molecule has 2 aliphatic rings. The summed E-state index contributed by atoms with van der Waals surface area (Å²) in [4.78, 5) is 27.5. The van der Waals surface area contributed by atoms with Gasteiger partial charge in [0.15, 0.2) is 11.5 Å². The van der Waals surface area contributed by atoms with Gasteiger partial charge in [0.05, 0.1) is 23.6 Å². The lowest BCUT2D eigenvalue weighted by Gasteiger charge is -2.24. The molecule has 0 saturated carbocycles. The Bertz CT molecular complexity index is 1170. The minimum Gasteiger partial charge on any atom is -0.486 e. The van der Waals surface area contributed by atoms with Crippen molar-refractivity contribution in [3.63, 3.8) is 0 Å². The molecular formula is C20H24N4O6S. The van der Waals surface area contributed by atoms with E-state index < -0.39 is 21.8 Å². The van der Waals surface area contributed by atoms with Crippen LogP contribution in [0.15, 0.2) is 18.2 Å². The van der Waals surface area contributed by atoms with Gasteiger partial charge in [0.25, 0.3) is 0 Å². The van der Waals surface area contributed by atoms with E-state index in [1.807, 2.05) is 0 Å². The number of carbonyl (C=O) groups is 2. The fourth-order valence-electron chi connectivity index (χ4n) is 3.98. The van der Waals surface area contributed by atoms with Crippen molar-refractivity contribution in [1.82, 2.24) is 9.78 Å². The predicted molar refractivity (Wildman–Crippen MR) is 113 cm³/mol. The largest absolute Gasteiger partial charge is 0.486 e. The first kappa shape index (κ1) is 21.2.